The topological polar surface area (TPSA) is 75.1 Å². The van der Waals surface area contributed by atoms with Crippen molar-refractivity contribution < 1.29 is 4.79 Å². The first-order chi connectivity index (χ1) is 13.0. The second kappa shape index (κ2) is 8.88. The van der Waals surface area contributed by atoms with E-state index >= 15 is 0 Å². The van der Waals surface area contributed by atoms with Gasteiger partial charge in [-0.1, -0.05) is 6.92 Å². The number of aryl methyl sites for hydroxylation is 2. The minimum Gasteiger partial charge on any atom is -0.357 e. The monoisotopic (exact) mass is 370 g/mol. The van der Waals surface area contributed by atoms with E-state index in [2.05, 4.69) is 38.6 Å². The van der Waals surface area contributed by atoms with Crippen molar-refractivity contribution in [2.75, 3.05) is 29.9 Å². The molecule has 2 N–H and O–H groups in total. The molecule has 2 aromatic heterocycles. The highest BCUT2D eigenvalue weighted by atomic mass is 16.2. The van der Waals surface area contributed by atoms with E-state index in [4.69, 9.17) is 0 Å². The van der Waals surface area contributed by atoms with Gasteiger partial charge in [0.1, 0.15) is 5.82 Å². The van der Waals surface area contributed by atoms with Gasteiger partial charge in [-0.3, -0.25) is 4.68 Å². The number of nitrogens with one attached hydrogen (secondary N) is 2. The van der Waals surface area contributed by atoms with Crippen molar-refractivity contribution in [3.63, 3.8) is 0 Å². The molecule has 2 amide bonds. The summed E-state index contributed by atoms with van der Waals surface area (Å²) in [6, 6.07) is 5.75. The lowest BCUT2D eigenvalue weighted by Gasteiger charge is -2.27. The molecular formula is C20H30N6O. The number of piperidine rings is 1. The first kappa shape index (κ1) is 19.2. The number of rotatable bonds is 6. The zero-order valence-corrected chi connectivity index (χ0v) is 16.5. The Morgan fingerprint density at radius 3 is 2.63 bits per heavy atom. The van der Waals surface area contributed by atoms with Crippen molar-refractivity contribution in [3.05, 3.63) is 35.8 Å². The van der Waals surface area contributed by atoms with Crippen molar-refractivity contribution in [1.82, 2.24) is 20.1 Å². The lowest BCUT2D eigenvalue weighted by atomic mass is 10.1. The molecule has 0 aromatic carbocycles. The molecule has 3 rings (SSSR count). The molecule has 2 aromatic rings. The van der Waals surface area contributed by atoms with Crippen LogP contribution in [0.2, 0.25) is 0 Å². The average molecular weight is 371 g/mol. The summed E-state index contributed by atoms with van der Waals surface area (Å²) in [5.41, 5.74) is 2.87. The molecule has 0 aliphatic carbocycles. The summed E-state index contributed by atoms with van der Waals surface area (Å²) in [6.45, 7) is 9.64. The number of hydrogen-bond donors (Lipinski definition) is 2. The molecule has 0 saturated carbocycles. The predicted molar refractivity (Wildman–Crippen MR) is 108 cm³/mol. The fraction of sp³-hybridized carbons (Fsp3) is 0.550. The third-order valence-electron chi connectivity index (χ3n) is 4.88. The van der Waals surface area contributed by atoms with Crippen LogP contribution in [-0.2, 0) is 6.54 Å². The molecule has 27 heavy (non-hydrogen) atoms. The van der Waals surface area contributed by atoms with Crippen LogP contribution < -0.4 is 15.5 Å². The van der Waals surface area contributed by atoms with Gasteiger partial charge in [0.05, 0.1) is 17.6 Å². The van der Waals surface area contributed by atoms with E-state index in [1.54, 1.807) is 6.20 Å². The zero-order valence-electron chi connectivity index (χ0n) is 16.5. The maximum Gasteiger partial charge on any atom is 0.319 e. The van der Waals surface area contributed by atoms with Crippen LogP contribution in [0.1, 0.15) is 37.6 Å². The quantitative estimate of drug-likeness (QED) is 0.818. The van der Waals surface area contributed by atoms with Crippen molar-refractivity contribution in [2.45, 2.75) is 46.6 Å². The van der Waals surface area contributed by atoms with Crippen molar-refractivity contribution in [3.8, 4) is 0 Å². The summed E-state index contributed by atoms with van der Waals surface area (Å²) in [7, 11) is 0. The van der Waals surface area contributed by atoms with Gasteiger partial charge in [0.15, 0.2) is 0 Å². The fourth-order valence-corrected chi connectivity index (χ4v) is 3.43. The number of pyridine rings is 1. The molecule has 0 radical (unpaired) electrons. The maximum absolute atomic E-state index is 12.1. The standard InChI is InChI=1S/C20H30N6O/c1-15(14-26-17(3)11-16(2)24-26)12-22-20(27)23-18-7-8-19(21-13-18)25-9-5-4-6-10-25/h7-8,11,13,15H,4-6,9-10,12,14H2,1-3H3,(H2,22,23,27). The average Bonchev–Trinajstić information content (AvgIpc) is 2.98. The highest BCUT2D eigenvalue weighted by Crippen LogP contribution is 2.18. The van der Waals surface area contributed by atoms with E-state index < -0.39 is 0 Å². The molecule has 7 heteroatoms. The van der Waals surface area contributed by atoms with Gasteiger partial charge in [-0.15, -0.1) is 0 Å². The van der Waals surface area contributed by atoms with Crippen molar-refractivity contribution in [2.24, 2.45) is 5.92 Å². The van der Waals surface area contributed by atoms with Gasteiger partial charge in [0.25, 0.3) is 0 Å². The lowest BCUT2D eigenvalue weighted by Crippen LogP contribution is -2.34. The fourth-order valence-electron chi connectivity index (χ4n) is 3.43. The Bertz CT molecular complexity index is 748. The number of hydrogen-bond acceptors (Lipinski definition) is 4. The Labute approximate surface area is 161 Å². The van der Waals surface area contributed by atoms with Crippen molar-refractivity contribution >= 4 is 17.5 Å². The van der Waals surface area contributed by atoms with Crippen molar-refractivity contribution in [1.29, 1.82) is 0 Å². The number of amides is 2. The Hall–Kier alpha value is -2.57. The molecule has 146 valence electrons. The zero-order chi connectivity index (χ0) is 19.2. The number of anilines is 2. The molecule has 1 aliphatic rings. The molecule has 1 saturated heterocycles. The second-order valence-electron chi connectivity index (χ2n) is 7.50. The van der Waals surface area contributed by atoms with Gasteiger partial charge in [-0.25, -0.2) is 9.78 Å². The summed E-state index contributed by atoms with van der Waals surface area (Å²) in [4.78, 5) is 18.9. The first-order valence-corrected chi connectivity index (χ1v) is 9.78. The third kappa shape index (κ3) is 5.45. The van der Waals surface area contributed by atoms with Gasteiger partial charge in [-0.2, -0.15) is 5.10 Å². The number of carbonyl (C=O) groups is 1. The van der Waals surface area contributed by atoms with Crippen LogP contribution in [0.15, 0.2) is 24.4 Å². The summed E-state index contributed by atoms with van der Waals surface area (Å²) in [5.74, 6) is 1.27. The van der Waals surface area contributed by atoms with Crippen LogP contribution in [-0.4, -0.2) is 40.4 Å². The molecule has 1 atom stereocenters. The molecule has 0 bridgehead atoms. The number of nitrogens with zero attached hydrogens (tertiary/aromatic N) is 4. The highest BCUT2D eigenvalue weighted by molar-refractivity contribution is 5.89. The molecule has 3 heterocycles. The predicted octanol–water partition coefficient (Wildman–Crippen LogP) is 3.34. The summed E-state index contributed by atoms with van der Waals surface area (Å²) in [5, 5.41) is 10.2. The van der Waals surface area contributed by atoms with Crippen LogP contribution in [0.25, 0.3) is 0 Å². The van der Waals surface area contributed by atoms with Gasteiger partial charge in [0.2, 0.25) is 0 Å². The summed E-state index contributed by atoms with van der Waals surface area (Å²) < 4.78 is 1.99. The maximum atomic E-state index is 12.1. The van der Waals surface area contributed by atoms with Crippen LogP contribution in [0.3, 0.4) is 0 Å². The largest absolute Gasteiger partial charge is 0.357 e. The van der Waals surface area contributed by atoms with E-state index in [1.807, 2.05) is 30.7 Å². The molecule has 1 unspecified atom stereocenters. The molecule has 0 spiro atoms. The lowest BCUT2D eigenvalue weighted by molar-refractivity contribution is 0.249. The van der Waals surface area contributed by atoms with Crippen LogP contribution in [0.4, 0.5) is 16.3 Å². The third-order valence-corrected chi connectivity index (χ3v) is 4.88. The van der Waals surface area contributed by atoms with E-state index in [-0.39, 0.29) is 11.9 Å². The first-order valence-electron chi connectivity index (χ1n) is 9.78. The Balaban J connectivity index is 1.44. The van der Waals surface area contributed by atoms with Gasteiger partial charge < -0.3 is 15.5 Å². The molecule has 1 fully saturated rings. The molecular weight excluding hydrogens is 340 g/mol. The minimum absolute atomic E-state index is 0.206. The molecule has 7 nitrogen and oxygen atoms in total. The van der Waals surface area contributed by atoms with Gasteiger partial charge >= 0.3 is 6.03 Å². The number of urea groups is 1. The van der Waals surface area contributed by atoms with E-state index in [9.17, 15) is 4.79 Å². The number of aromatic nitrogens is 3. The SMILES string of the molecule is Cc1cc(C)n(CC(C)CNC(=O)Nc2ccc(N3CCCCC3)nc2)n1. The Morgan fingerprint density at radius 2 is 2.00 bits per heavy atom. The second-order valence-corrected chi connectivity index (χ2v) is 7.50. The Morgan fingerprint density at radius 1 is 1.22 bits per heavy atom. The highest BCUT2D eigenvalue weighted by Gasteiger charge is 2.12. The smallest absolute Gasteiger partial charge is 0.319 e. The normalized spacial score (nSPS) is 15.4. The minimum atomic E-state index is -0.206. The van der Waals surface area contributed by atoms with Crippen LogP contribution in [0, 0.1) is 19.8 Å². The molecule has 1 aliphatic heterocycles. The van der Waals surface area contributed by atoms with E-state index in [1.165, 1.54) is 19.3 Å². The Kier molecular flexibility index (Phi) is 6.32. The summed E-state index contributed by atoms with van der Waals surface area (Å²) in [6.07, 6.45) is 5.47. The van der Waals surface area contributed by atoms with Crippen LogP contribution in [0.5, 0.6) is 0 Å². The van der Waals surface area contributed by atoms with E-state index in [0.717, 1.165) is 36.8 Å². The van der Waals surface area contributed by atoms with Gasteiger partial charge in [-0.05, 0) is 57.2 Å². The van der Waals surface area contributed by atoms with Crippen LogP contribution >= 0.6 is 0 Å². The summed E-state index contributed by atoms with van der Waals surface area (Å²) >= 11 is 0. The number of carbonyl (C=O) groups excluding carboxylic acids is 1. The van der Waals surface area contributed by atoms with Gasteiger partial charge in [0, 0.05) is 31.9 Å². The van der Waals surface area contributed by atoms with E-state index in [0.29, 0.717) is 12.2 Å².